The van der Waals surface area contributed by atoms with Crippen molar-refractivity contribution in [1.82, 2.24) is 0 Å². The van der Waals surface area contributed by atoms with Crippen molar-refractivity contribution in [2.45, 2.75) is 44.6 Å². The highest BCUT2D eigenvalue weighted by molar-refractivity contribution is 5.74. The summed E-state index contributed by atoms with van der Waals surface area (Å²) >= 11 is 0. The molecule has 18 heavy (non-hydrogen) atoms. The molecule has 1 aliphatic rings. The molecule has 1 aliphatic heterocycles. The van der Waals surface area contributed by atoms with Crippen molar-refractivity contribution in [1.29, 1.82) is 0 Å². The second kappa shape index (κ2) is 5.61. The fraction of sp³-hybridized carbons (Fsp3) is 0.800. The lowest BCUT2D eigenvalue weighted by molar-refractivity contribution is -0.287. The summed E-state index contributed by atoms with van der Waals surface area (Å²) in [5.74, 6) is -2.75. The van der Waals surface area contributed by atoms with Gasteiger partial charge in [0.05, 0.1) is 5.92 Å². The molecule has 104 valence electrons. The van der Waals surface area contributed by atoms with Crippen LogP contribution < -0.4 is 0 Å². The number of aliphatic hydroxyl groups is 3. The monoisotopic (exact) mass is 264 g/mol. The molecule has 0 amide bonds. The van der Waals surface area contributed by atoms with Gasteiger partial charge in [-0.15, -0.1) is 0 Å². The summed E-state index contributed by atoms with van der Waals surface area (Å²) < 4.78 is 9.48. The molecule has 1 heterocycles. The van der Waals surface area contributed by atoms with Gasteiger partial charge < -0.3 is 29.9 Å². The molecule has 8 nitrogen and oxygen atoms in total. The van der Waals surface area contributed by atoms with Crippen molar-refractivity contribution in [2.24, 2.45) is 5.92 Å². The van der Waals surface area contributed by atoms with E-state index in [0.29, 0.717) is 0 Å². The highest BCUT2D eigenvalue weighted by atomic mass is 16.7. The zero-order chi connectivity index (χ0) is 14.0. The van der Waals surface area contributed by atoms with Gasteiger partial charge >= 0.3 is 11.9 Å². The van der Waals surface area contributed by atoms with E-state index in [1.54, 1.807) is 0 Å². The average Bonchev–Trinajstić information content (AvgIpc) is 2.29. The minimum atomic E-state index is -1.80. The third-order valence-electron chi connectivity index (χ3n) is 2.52. The van der Waals surface area contributed by atoms with Crippen LogP contribution in [0.1, 0.15) is 13.8 Å². The first-order chi connectivity index (χ1) is 8.25. The summed E-state index contributed by atoms with van der Waals surface area (Å²) in [5.41, 5.74) is 0. The smallest absolute Gasteiger partial charge is 0.335 e. The average molecular weight is 264 g/mol. The Bertz CT molecular complexity index is 328. The molecule has 5 unspecified atom stereocenters. The van der Waals surface area contributed by atoms with Crippen LogP contribution in [0.5, 0.6) is 0 Å². The quantitative estimate of drug-likeness (QED) is 0.433. The second-order valence-electron chi connectivity index (χ2n) is 4.33. The Morgan fingerprint density at radius 3 is 2.11 bits per heavy atom. The molecule has 0 aliphatic carbocycles. The van der Waals surface area contributed by atoms with Crippen molar-refractivity contribution < 1.29 is 39.5 Å². The van der Waals surface area contributed by atoms with E-state index >= 15 is 0 Å². The zero-order valence-electron chi connectivity index (χ0n) is 9.89. The van der Waals surface area contributed by atoms with E-state index in [9.17, 15) is 24.9 Å². The first-order valence-electron chi connectivity index (χ1n) is 5.38. The van der Waals surface area contributed by atoms with Crippen LogP contribution in [0.2, 0.25) is 0 Å². The van der Waals surface area contributed by atoms with Crippen LogP contribution in [0.4, 0.5) is 0 Å². The van der Waals surface area contributed by atoms with E-state index in [4.69, 9.17) is 14.6 Å². The van der Waals surface area contributed by atoms with Gasteiger partial charge in [-0.3, -0.25) is 4.79 Å². The van der Waals surface area contributed by atoms with Gasteiger partial charge in [0.2, 0.25) is 6.29 Å². The lowest BCUT2D eigenvalue weighted by atomic mass is 9.99. The number of aliphatic carboxylic acids is 1. The van der Waals surface area contributed by atoms with E-state index in [-0.39, 0.29) is 0 Å². The SMILES string of the molecule is CC(C)C(=O)OC1OC(C(=O)O)C(O)C(O)C1O. The van der Waals surface area contributed by atoms with Crippen LogP contribution in [-0.4, -0.2) is 63.1 Å². The van der Waals surface area contributed by atoms with Crippen molar-refractivity contribution in [2.75, 3.05) is 0 Å². The van der Waals surface area contributed by atoms with Gasteiger partial charge in [0.1, 0.15) is 18.3 Å². The highest BCUT2D eigenvalue weighted by Gasteiger charge is 2.48. The minimum absolute atomic E-state index is 0.506. The predicted octanol–water partition coefficient (Wildman–Crippen LogP) is -1.92. The Kier molecular flexibility index (Phi) is 4.63. The summed E-state index contributed by atoms with van der Waals surface area (Å²) in [5, 5.41) is 37.1. The van der Waals surface area contributed by atoms with E-state index in [2.05, 4.69) is 0 Å². The summed E-state index contributed by atoms with van der Waals surface area (Å²) in [6.45, 7) is 3.08. The summed E-state index contributed by atoms with van der Waals surface area (Å²) in [6, 6.07) is 0. The molecular formula is C10H16O8. The summed E-state index contributed by atoms with van der Waals surface area (Å²) in [6.07, 6.45) is -8.68. The largest absolute Gasteiger partial charge is 0.479 e. The molecule has 0 radical (unpaired) electrons. The Labute approximate surface area is 103 Å². The number of ether oxygens (including phenoxy) is 2. The van der Waals surface area contributed by atoms with Crippen molar-refractivity contribution in [3.8, 4) is 0 Å². The number of esters is 1. The van der Waals surface area contributed by atoms with Gasteiger partial charge in [-0.2, -0.15) is 0 Å². The number of rotatable bonds is 3. The van der Waals surface area contributed by atoms with Crippen molar-refractivity contribution in [3.63, 3.8) is 0 Å². The Hall–Kier alpha value is -1.22. The third kappa shape index (κ3) is 2.96. The van der Waals surface area contributed by atoms with Crippen LogP contribution in [0.25, 0.3) is 0 Å². The third-order valence-corrected chi connectivity index (χ3v) is 2.52. The Balaban J connectivity index is 2.79. The normalized spacial score (nSPS) is 36.4. The fourth-order valence-electron chi connectivity index (χ4n) is 1.40. The standard InChI is InChI=1S/C10H16O8/c1-3(2)9(16)18-10-6(13)4(11)5(12)7(17-10)8(14)15/h3-7,10-13H,1-2H3,(H,14,15). The molecular weight excluding hydrogens is 248 g/mol. The van der Waals surface area contributed by atoms with Crippen molar-refractivity contribution >= 4 is 11.9 Å². The Morgan fingerprint density at radius 2 is 1.67 bits per heavy atom. The van der Waals surface area contributed by atoms with Gasteiger partial charge in [0.15, 0.2) is 6.10 Å². The van der Waals surface area contributed by atoms with Crippen LogP contribution in [-0.2, 0) is 19.1 Å². The molecule has 1 saturated heterocycles. The van der Waals surface area contributed by atoms with Gasteiger partial charge in [0, 0.05) is 0 Å². The predicted molar refractivity (Wildman–Crippen MR) is 55.2 cm³/mol. The summed E-state index contributed by atoms with van der Waals surface area (Å²) in [7, 11) is 0. The molecule has 0 aromatic carbocycles. The molecule has 1 fully saturated rings. The van der Waals surface area contributed by atoms with Crippen LogP contribution >= 0.6 is 0 Å². The molecule has 0 bridgehead atoms. The summed E-state index contributed by atoms with van der Waals surface area (Å²) in [4.78, 5) is 22.1. The van der Waals surface area contributed by atoms with Crippen LogP contribution in [0.15, 0.2) is 0 Å². The van der Waals surface area contributed by atoms with Gasteiger partial charge in [-0.25, -0.2) is 4.79 Å². The number of carboxylic acids is 1. The van der Waals surface area contributed by atoms with Gasteiger partial charge in [-0.1, -0.05) is 13.8 Å². The second-order valence-corrected chi connectivity index (χ2v) is 4.33. The molecule has 0 aromatic rings. The maximum absolute atomic E-state index is 11.3. The topological polar surface area (TPSA) is 134 Å². The highest BCUT2D eigenvalue weighted by Crippen LogP contribution is 2.23. The molecule has 0 aromatic heterocycles. The van der Waals surface area contributed by atoms with Gasteiger partial charge in [-0.05, 0) is 0 Å². The molecule has 0 spiro atoms. The Morgan fingerprint density at radius 1 is 1.11 bits per heavy atom. The lowest BCUT2D eigenvalue weighted by Gasteiger charge is -2.38. The molecule has 4 N–H and O–H groups in total. The van der Waals surface area contributed by atoms with E-state index in [1.807, 2.05) is 0 Å². The zero-order valence-corrected chi connectivity index (χ0v) is 9.89. The van der Waals surface area contributed by atoms with E-state index in [0.717, 1.165) is 0 Å². The number of hydrogen-bond acceptors (Lipinski definition) is 7. The maximum atomic E-state index is 11.3. The molecule has 1 rings (SSSR count). The number of aliphatic hydroxyl groups excluding tert-OH is 3. The first-order valence-corrected chi connectivity index (χ1v) is 5.38. The molecule has 5 atom stereocenters. The van der Waals surface area contributed by atoms with E-state index < -0.39 is 48.6 Å². The van der Waals surface area contributed by atoms with E-state index in [1.165, 1.54) is 13.8 Å². The lowest BCUT2D eigenvalue weighted by Crippen LogP contribution is -2.60. The molecule has 0 saturated carbocycles. The van der Waals surface area contributed by atoms with Crippen LogP contribution in [0, 0.1) is 5.92 Å². The number of carbonyl (C=O) groups is 2. The maximum Gasteiger partial charge on any atom is 0.335 e. The van der Waals surface area contributed by atoms with Crippen LogP contribution in [0.3, 0.4) is 0 Å². The number of carbonyl (C=O) groups excluding carboxylic acids is 1. The number of hydrogen-bond donors (Lipinski definition) is 4. The first kappa shape index (κ1) is 14.8. The minimum Gasteiger partial charge on any atom is -0.479 e. The number of carboxylic acid groups (broad SMARTS) is 1. The molecule has 8 heteroatoms. The fourth-order valence-corrected chi connectivity index (χ4v) is 1.40. The van der Waals surface area contributed by atoms with Gasteiger partial charge in [0.25, 0.3) is 0 Å². The van der Waals surface area contributed by atoms with Crippen molar-refractivity contribution in [3.05, 3.63) is 0 Å².